The number of nitrogens with zero attached hydrogens (tertiary/aromatic N) is 1. The molecular formula is C17H14ClN3O5. The quantitative estimate of drug-likeness (QED) is 0.633. The number of anilines is 1. The zero-order chi connectivity index (χ0) is 18.8. The Balaban J connectivity index is 1.90. The molecular weight excluding hydrogens is 362 g/mol. The summed E-state index contributed by atoms with van der Waals surface area (Å²) in [5.41, 5.74) is 1.42. The van der Waals surface area contributed by atoms with Crippen molar-refractivity contribution < 1.29 is 19.2 Å². The second-order valence-electron chi connectivity index (χ2n) is 5.72. The van der Waals surface area contributed by atoms with Crippen LogP contribution >= 0.6 is 11.6 Å². The summed E-state index contributed by atoms with van der Waals surface area (Å²) in [5, 5.41) is 16.3. The summed E-state index contributed by atoms with van der Waals surface area (Å²) in [4.78, 5) is 34.8. The predicted octanol–water partition coefficient (Wildman–Crippen LogP) is 2.75. The van der Waals surface area contributed by atoms with E-state index in [0.29, 0.717) is 27.6 Å². The van der Waals surface area contributed by atoms with Crippen LogP contribution in [0, 0.1) is 17.0 Å². The van der Waals surface area contributed by atoms with E-state index in [9.17, 15) is 19.7 Å². The van der Waals surface area contributed by atoms with Gasteiger partial charge in [-0.05, 0) is 36.8 Å². The summed E-state index contributed by atoms with van der Waals surface area (Å²) in [6, 6.07) is 7.62. The molecule has 1 aliphatic heterocycles. The second-order valence-corrected chi connectivity index (χ2v) is 6.16. The Kier molecular flexibility index (Phi) is 4.77. The number of carbonyl (C=O) groups excluding carboxylic acids is 2. The molecule has 0 spiro atoms. The molecule has 0 aliphatic carbocycles. The number of nitro groups is 1. The molecule has 3 rings (SSSR count). The number of halogens is 1. The molecule has 2 N–H and O–H groups in total. The lowest BCUT2D eigenvalue weighted by Gasteiger charge is -2.18. The van der Waals surface area contributed by atoms with Gasteiger partial charge >= 0.3 is 0 Å². The number of carbonyl (C=O) groups is 2. The average molecular weight is 376 g/mol. The van der Waals surface area contributed by atoms with Gasteiger partial charge in [0.2, 0.25) is 0 Å². The van der Waals surface area contributed by atoms with Crippen LogP contribution in [0.2, 0.25) is 5.02 Å². The monoisotopic (exact) mass is 375 g/mol. The zero-order valence-corrected chi connectivity index (χ0v) is 14.4. The van der Waals surface area contributed by atoms with Crippen LogP contribution in [0.15, 0.2) is 36.4 Å². The van der Waals surface area contributed by atoms with E-state index in [-0.39, 0.29) is 12.3 Å². The van der Waals surface area contributed by atoms with Gasteiger partial charge in [-0.15, -0.1) is 0 Å². The lowest BCUT2D eigenvalue weighted by Crippen LogP contribution is -2.37. The summed E-state index contributed by atoms with van der Waals surface area (Å²) in [6.07, 6.45) is 0. The molecule has 8 nitrogen and oxygen atoms in total. The normalized spacial score (nSPS) is 15.9. The Hall–Kier alpha value is -3.13. The maximum absolute atomic E-state index is 12.7. The molecule has 1 heterocycles. The van der Waals surface area contributed by atoms with E-state index < -0.39 is 22.8 Å². The fourth-order valence-electron chi connectivity index (χ4n) is 2.67. The lowest BCUT2D eigenvalue weighted by molar-refractivity contribution is -0.384. The fraction of sp³-hybridized carbons (Fsp3) is 0.176. The molecule has 0 saturated heterocycles. The number of hydrogen-bond donors (Lipinski definition) is 2. The van der Waals surface area contributed by atoms with Gasteiger partial charge in [-0.3, -0.25) is 19.7 Å². The van der Waals surface area contributed by atoms with Crippen LogP contribution in [0.4, 0.5) is 11.4 Å². The number of non-ortho nitro benzene ring substituents is 1. The molecule has 134 valence electrons. The summed E-state index contributed by atoms with van der Waals surface area (Å²) in [7, 11) is 0. The highest BCUT2D eigenvalue weighted by Gasteiger charge is 2.30. The fourth-order valence-corrected chi connectivity index (χ4v) is 2.95. The highest BCUT2D eigenvalue weighted by molar-refractivity contribution is 6.30. The summed E-state index contributed by atoms with van der Waals surface area (Å²) in [5.74, 6) is -0.530. The predicted molar refractivity (Wildman–Crippen MR) is 94.3 cm³/mol. The van der Waals surface area contributed by atoms with Gasteiger partial charge in [-0.25, -0.2) is 0 Å². The van der Waals surface area contributed by atoms with Gasteiger partial charge in [0.15, 0.2) is 6.61 Å². The van der Waals surface area contributed by atoms with Crippen LogP contribution in [0.1, 0.15) is 17.2 Å². The smallest absolute Gasteiger partial charge is 0.269 e. The highest BCUT2D eigenvalue weighted by atomic mass is 35.5. The van der Waals surface area contributed by atoms with Crippen molar-refractivity contribution in [3.63, 3.8) is 0 Å². The Morgan fingerprint density at radius 2 is 2.04 bits per heavy atom. The Labute approximate surface area is 153 Å². The van der Waals surface area contributed by atoms with Crippen LogP contribution in [-0.2, 0) is 9.59 Å². The van der Waals surface area contributed by atoms with Gasteiger partial charge in [0.25, 0.3) is 17.5 Å². The number of amides is 2. The van der Waals surface area contributed by atoms with E-state index in [4.69, 9.17) is 16.3 Å². The molecule has 0 fully saturated rings. The zero-order valence-electron chi connectivity index (χ0n) is 13.6. The summed E-state index contributed by atoms with van der Waals surface area (Å²) in [6.45, 7) is 1.56. The molecule has 2 aromatic carbocycles. The summed E-state index contributed by atoms with van der Waals surface area (Å²) < 4.78 is 5.49. The largest absolute Gasteiger partial charge is 0.483 e. The second kappa shape index (κ2) is 7.01. The minimum atomic E-state index is -1.01. The van der Waals surface area contributed by atoms with Gasteiger partial charge in [0.1, 0.15) is 11.8 Å². The minimum absolute atomic E-state index is 0.0908. The molecule has 1 unspecified atom stereocenters. The molecule has 0 saturated carbocycles. The van der Waals surface area contributed by atoms with Crippen molar-refractivity contribution in [1.29, 1.82) is 0 Å². The first kappa shape index (κ1) is 17.7. The lowest BCUT2D eigenvalue weighted by atomic mass is 10.0. The number of hydrogen-bond acceptors (Lipinski definition) is 5. The van der Waals surface area contributed by atoms with Crippen molar-refractivity contribution in [1.82, 2.24) is 5.32 Å². The average Bonchev–Trinajstić information content (AvgIpc) is 2.75. The van der Waals surface area contributed by atoms with E-state index in [1.807, 2.05) is 0 Å². The van der Waals surface area contributed by atoms with Gasteiger partial charge in [-0.2, -0.15) is 0 Å². The van der Waals surface area contributed by atoms with Crippen molar-refractivity contribution in [2.45, 2.75) is 13.0 Å². The number of ether oxygens (including phenoxy) is 1. The van der Waals surface area contributed by atoms with Crippen LogP contribution < -0.4 is 15.4 Å². The van der Waals surface area contributed by atoms with E-state index in [2.05, 4.69) is 10.6 Å². The number of nitrogens with one attached hydrogen (secondary N) is 2. The maximum atomic E-state index is 12.7. The Bertz CT molecular complexity index is 898. The molecule has 0 bridgehead atoms. The van der Waals surface area contributed by atoms with E-state index in [0.717, 1.165) is 0 Å². The van der Waals surface area contributed by atoms with Crippen molar-refractivity contribution in [3.8, 4) is 5.75 Å². The molecule has 0 radical (unpaired) electrons. The van der Waals surface area contributed by atoms with E-state index in [1.165, 1.54) is 24.3 Å². The van der Waals surface area contributed by atoms with Crippen LogP contribution in [0.25, 0.3) is 0 Å². The number of fused-ring (bicyclic) bond motifs is 1. The van der Waals surface area contributed by atoms with Crippen LogP contribution in [0.5, 0.6) is 5.75 Å². The van der Waals surface area contributed by atoms with Crippen molar-refractivity contribution in [2.75, 3.05) is 11.9 Å². The maximum Gasteiger partial charge on any atom is 0.269 e. The first-order valence-corrected chi connectivity index (χ1v) is 8.00. The summed E-state index contributed by atoms with van der Waals surface area (Å²) >= 11 is 6.09. The standard InChI is InChI=1S/C17H14ClN3O5/c1-9-6-10(18)7-13-15(20-14(22)8-26-16(9)13)17(23)19-11-2-4-12(5-3-11)21(24)25/h2-7,15H,8H2,1H3,(H,19,23)(H,20,22). The van der Waals surface area contributed by atoms with Gasteiger partial charge in [-0.1, -0.05) is 11.6 Å². The van der Waals surface area contributed by atoms with Gasteiger partial charge in [0.05, 0.1) is 4.92 Å². The number of rotatable bonds is 3. The van der Waals surface area contributed by atoms with E-state index in [1.54, 1.807) is 19.1 Å². The van der Waals surface area contributed by atoms with Crippen molar-refractivity contribution in [2.24, 2.45) is 0 Å². The first-order chi connectivity index (χ1) is 12.3. The molecule has 1 aliphatic rings. The van der Waals surface area contributed by atoms with Crippen LogP contribution in [0.3, 0.4) is 0 Å². The number of benzene rings is 2. The van der Waals surface area contributed by atoms with Crippen LogP contribution in [-0.4, -0.2) is 23.3 Å². The van der Waals surface area contributed by atoms with Crippen molar-refractivity contribution >= 4 is 34.8 Å². The Morgan fingerprint density at radius 1 is 1.35 bits per heavy atom. The third-order valence-corrected chi connectivity index (χ3v) is 4.06. The molecule has 26 heavy (non-hydrogen) atoms. The van der Waals surface area contributed by atoms with E-state index >= 15 is 0 Å². The Morgan fingerprint density at radius 3 is 2.69 bits per heavy atom. The molecule has 2 aromatic rings. The highest BCUT2D eigenvalue weighted by Crippen LogP contribution is 2.34. The SMILES string of the molecule is Cc1cc(Cl)cc2c1OCC(=O)NC2C(=O)Nc1ccc([N+](=O)[O-])cc1. The third kappa shape index (κ3) is 3.60. The number of nitro benzene ring substituents is 1. The molecule has 2 amide bonds. The molecule has 0 aromatic heterocycles. The molecule has 1 atom stereocenters. The number of aryl methyl sites for hydroxylation is 1. The molecule has 9 heteroatoms. The van der Waals surface area contributed by atoms with Gasteiger partial charge < -0.3 is 15.4 Å². The van der Waals surface area contributed by atoms with Crippen molar-refractivity contribution in [3.05, 3.63) is 62.7 Å². The first-order valence-electron chi connectivity index (χ1n) is 7.62. The topological polar surface area (TPSA) is 111 Å². The van der Waals surface area contributed by atoms with Gasteiger partial charge in [0, 0.05) is 28.4 Å². The minimum Gasteiger partial charge on any atom is -0.483 e. The third-order valence-electron chi connectivity index (χ3n) is 3.84.